The quantitative estimate of drug-likeness (QED) is 0.380. The van der Waals surface area contributed by atoms with E-state index in [1.807, 2.05) is 69.3 Å². The van der Waals surface area contributed by atoms with Crippen LogP contribution in [0.15, 0.2) is 83.8 Å². The fourth-order valence-corrected chi connectivity index (χ4v) is 6.90. The molecular formula is C27H24N2O4S. The third kappa shape index (κ3) is 2.80. The lowest BCUT2D eigenvalue weighted by atomic mass is 9.89. The molecule has 0 saturated carbocycles. The standard InChI is InChI=1S/C27H24N2O4S/c1-27(2,3)33-26(30)28-23-18-13-7-8-14-19(18)24(28)25-22(23)20-15-9-10-16-21(20)29(25)34(31,32)17-11-5-4-6-12-17/h4-16,23-24H,1-3H3/t23-,24+/m0/s1. The van der Waals surface area contributed by atoms with Crippen molar-refractivity contribution >= 4 is 27.0 Å². The number of nitrogens with zero attached hydrogens (tertiary/aromatic N) is 2. The normalized spacial score (nSPS) is 18.7. The number of fused-ring (bicyclic) bond motifs is 10. The Bertz CT molecular complexity index is 1570. The maximum Gasteiger partial charge on any atom is 0.411 e. The van der Waals surface area contributed by atoms with E-state index in [0.29, 0.717) is 11.2 Å². The Kier molecular flexibility index (Phi) is 4.30. The Labute approximate surface area is 198 Å². The monoisotopic (exact) mass is 472 g/mol. The van der Waals surface area contributed by atoms with Crippen LogP contribution in [0, 0.1) is 0 Å². The topological polar surface area (TPSA) is 68.6 Å². The summed E-state index contributed by atoms with van der Waals surface area (Å²) in [6.07, 6.45) is -0.456. The summed E-state index contributed by atoms with van der Waals surface area (Å²) in [4.78, 5) is 15.4. The van der Waals surface area contributed by atoms with E-state index in [9.17, 15) is 13.2 Å². The van der Waals surface area contributed by atoms with E-state index < -0.39 is 33.8 Å². The van der Waals surface area contributed by atoms with E-state index in [4.69, 9.17) is 4.74 Å². The van der Waals surface area contributed by atoms with E-state index in [2.05, 4.69) is 0 Å². The molecule has 172 valence electrons. The molecule has 2 aliphatic heterocycles. The number of rotatable bonds is 2. The summed E-state index contributed by atoms with van der Waals surface area (Å²) >= 11 is 0. The van der Waals surface area contributed by atoms with Gasteiger partial charge >= 0.3 is 6.09 Å². The van der Waals surface area contributed by atoms with Crippen molar-refractivity contribution in [1.82, 2.24) is 8.87 Å². The zero-order chi connectivity index (χ0) is 23.8. The van der Waals surface area contributed by atoms with Crippen LogP contribution in [-0.2, 0) is 14.8 Å². The van der Waals surface area contributed by atoms with Crippen molar-refractivity contribution in [3.8, 4) is 0 Å². The molecular weight excluding hydrogens is 448 g/mol. The summed E-state index contributed by atoms with van der Waals surface area (Å²) in [7, 11) is -3.92. The molecule has 34 heavy (non-hydrogen) atoms. The smallest absolute Gasteiger partial charge is 0.411 e. The van der Waals surface area contributed by atoms with Gasteiger partial charge in [0, 0.05) is 10.9 Å². The van der Waals surface area contributed by atoms with Gasteiger partial charge in [-0.1, -0.05) is 60.7 Å². The summed E-state index contributed by atoms with van der Waals surface area (Å²) in [5, 5.41) is 0.826. The molecule has 1 amide bonds. The number of para-hydroxylation sites is 1. The Hall–Kier alpha value is -3.58. The second-order valence-electron chi connectivity index (χ2n) is 9.72. The first kappa shape index (κ1) is 21.0. The van der Waals surface area contributed by atoms with Crippen LogP contribution in [0.25, 0.3) is 10.9 Å². The van der Waals surface area contributed by atoms with E-state index in [-0.39, 0.29) is 4.90 Å². The molecule has 1 aromatic heterocycles. The lowest BCUT2D eigenvalue weighted by molar-refractivity contribution is 0.0192. The molecule has 7 heteroatoms. The van der Waals surface area contributed by atoms with Crippen molar-refractivity contribution in [1.29, 1.82) is 0 Å². The van der Waals surface area contributed by atoms with Crippen LogP contribution >= 0.6 is 0 Å². The Morgan fingerprint density at radius 2 is 1.41 bits per heavy atom. The van der Waals surface area contributed by atoms with Gasteiger partial charge in [-0.15, -0.1) is 0 Å². The largest absolute Gasteiger partial charge is 0.444 e. The van der Waals surface area contributed by atoms with E-state index in [0.717, 1.165) is 22.1 Å². The molecule has 6 rings (SSSR count). The third-order valence-corrected chi connectivity index (χ3v) is 8.21. The van der Waals surface area contributed by atoms with Gasteiger partial charge in [-0.25, -0.2) is 17.2 Å². The van der Waals surface area contributed by atoms with Gasteiger partial charge in [-0.2, -0.15) is 0 Å². The lowest BCUT2D eigenvalue weighted by Gasteiger charge is -2.28. The second-order valence-corrected chi connectivity index (χ2v) is 11.5. The number of hydrogen-bond donors (Lipinski definition) is 0. The number of carbonyl (C=O) groups excluding carboxylic acids is 1. The molecule has 0 spiro atoms. The van der Waals surface area contributed by atoms with Gasteiger partial charge in [-0.05, 0) is 50.1 Å². The molecule has 4 aromatic rings. The fourth-order valence-electron chi connectivity index (χ4n) is 5.31. The third-order valence-electron chi connectivity index (χ3n) is 6.47. The number of carbonyl (C=O) groups is 1. The van der Waals surface area contributed by atoms with E-state index >= 15 is 0 Å². The molecule has 0 radical (unpaired) electrons. The summed E-state index contributed by atoms with van der Waals surface area (Å²) < 4.78 is 35.2. The molecule has 0 unspecified atom stereocenters. The minimum atomic E-state index is -3.92. The maximum absolute atomic E-state index is 14.0. The van der Waals surface area contributed by atoms with Crippen LogP contribution in [0.5, 0.6) is 0 Å². The predicted molar refractivity (Wildman–Crippen MR) is 129 cm³/mol. The highest BCUT2D eigenvalue weighted by atomic mass is 32.2. The van der Waals surface area contributed by atoms with Crippen molar-refractivity contribution < 1.29 is 17.9 Å². The molecule has 0 saturated heterocycles. The van der Waals surface area contributed by atoms with Crippen molar-refractivity contribution in [2.75, 3.05) is 0 Å². The van der Waals surface area contributed by atoms with Crippen LogP contribution in [0.4, 0.5) is 4.79 Å². The predicted octanol–water partition coefficient (Wildman–Crippen LogP) is 5.62. The number of amides is 1. The molecule has 3 aromatic carbocycles. The molecule has 0 fully saturated rings. The molecule has 6 nitrogen and oxygen atoms in total. The second kappa shape index (κ2) is 6.96. The Morgan fingerprint density at radius 3 is 2.09 bits per heavy atom. The fraction of sp³-hybridized carbons (Fsp3) is 0.222. The first-order chi connectivity index (χ1) is 16.2. The molecule has 0 aliphatic carbocycles. The minimum Gasteiger partial charge on any atom is -0.444 e. The van der Waals surface area contributed by atoms with Gasteiger partial charge in [-0.3, -0.25) is 4.90 Å². The first-order valence-electron chi connectivity index (χ1n) is 11.2. The van der Waals surface area contributed by atoms with Gasteiger partial charge < -0.3 is 4.74 Å². The lowest BCUT2D eigenvalue weighted by Crippen LogP contribution is -2.36. The van der Waals surface area contributed by atoms with Crippen molar-refractivity contribution in [3.63, 3.8) is 0 Å². The first-order valence-corrected chi connectivity index (χ1v) is 12.7. The summed E-state index contributed by atoms with van der Waals surface area (Å²) in [5.74, 6) is 0. The SMILES string of the molecule is CC(C)(C)OC(=O)N1[C@@H]2c3ccccc3[C@H]1c1c2n(S(=O)(=O)c2ccccc2)c2ccccc12. The van der Waals surface area contributed by atoms with E-state index in [1.54, 1.807) is 35.2 Å². The molecule has 3 heterocycles. The van der Waals surface area contributed by atoms with Gasteiger partial charge in [0.1, 0.15) is 11.6 Å². The summed E-state index contributed by atoms with van der Waals surface area (Å²) in [6, 6.07) is 22.8. The van der Waals surface area contributed by atoms with Gasteiger partial charge in [0.2, 0.25) is 0 Å². The Morgan fingerprint density at radius 1 is 0.824 bits per heavy atom. The van der Waals surface area contributed by atoms with Crippen LogP contribution in [-0.4, -0.2) is 29.0 Å². The number of aromatic nitrogens is 1. The zero-order valence-corrected chi connectivity index (χ0v) is 19.9. The highest BCUT2D eigenvalue weighted by Gasteiger charge is 2.55. The van der Waals surface area contributed by atoms with Crippen molar-refractivity contribution in [3.05, 3.63) is 101 Å². The highest BCUT2D eigenvalue weighted by Crippen LogP contribution is 2.59. The highest BCUT2D eigenvalue weighted by molar-refractivity contribution is 7.90. The molecule has 2 aliphatic rings. The molecule has 0 N–H and O–H groups in total. The van der Waals surface area contributed by atoms with Crippen LogP contribution in [0.1, 0.15) is 55.2 Å². The summed E-state index contributed by atoms with van der Waals surface area (Å²) in [6.45, 7) is 5.50. The van der Waals surface area contributed by atoms with Gasteiger partial charge in [0.25, 0.3) is 10.0 Å². The molecule has 2 atom stereocenters. The average Bonchev–Trinajstić information content (AvgIpc) is 3.43. The average molecular weight is 473 g/mol. The minimum absolute atomic E-state index is 0.207. The van der Waals surface area contributed by atoms with E-state index in [1.165, 1.54) is 3.97 Å². The van der Waals surface area contributed by atoms with Crippen molar-refractivity contribution in [2.24, 2.45) is 0 Å². The summed E-state index contributed by atoms with van der Waals surface area (Å²) in [5.41, 5.74) is 3.33. The van der Waals surface area contributed by atoms with Crippen LogP contribution in [0.2, 0.25) is 0 Å². The Balaban J connectivity index is 1.66. The maximum atomic E-state index is 14.0. The van der Waals surface area contributed by atoms with Crippen molar-refractivity contribution in [2.45, 2.75) is 43.4 Å². The van der Waals surface area contributed by atoms with Gasteiger partial charge in [0.05, 0.1) is 22.1 Å². The zero-order valence-electron chi connectivity index (χ0n) is 19.1. The number of benzene rings is 3. The number of ether oxygens (including phenoxy) is 1. The van der Waals surface area contributed by atoms with Crippen LogP contribution < -0.4 is 0 Å². The molecule has 2 bridgehead atoms. The number of hydrogen-bond acceptors (Lipinski definition) is 4. The van der Waals surface area contributed by atoms with Gasteiger partial charge in [0.15, 0.2) is 0 Å². The van der Waals surface area contributed by atoms with Crippen LogP contribution in [0.3, 0.4) is 0 Å².